The minimum Gasteiger partial charge on any atom is -0.462 e. The number of nitrogens with one attached hydrogen (secondary N) is 1. The van der Waals surface area contributed by atoms with E-state index in [1.165, 1.54) is 0 Å². The zero-order valence-corrected chi connectivity index (χ0v) is 11.3. The van der Waals surface area contributed by atoms with Crippen LogP contribution in [-0.4, -0.2) is 18.6 Å². The van der Waals surface area contributed by atoms with Crippen LogP contribution in [0.1, 0.15) is 19.4 Å². The zero-order valence-electron chi connectivity index (χ0n) is 9.71. The van der Waals surface area contributed by atoms with Gasteiger partial charge in [0.05, 0.1) is 6.10 Å². The number of hydrogen-bond acceptors (Lipinski definition) is 3. The highest BCUT2D eigenvalue weighted by Gasteiger charge is 2.05. The Kier molecular flexibility index (Phi) is 4.80. The first-order chi connectivity index (χ1) is 7.49. The lowest BCUT2D eigenvalue weighted by Crippen LogP contribution is -2.20. The first-order valence-electron chi connectivity index (χ1n) is 5.18. The summed E-state index contributed by atoms with van der Waals surface area (Å²) in [5.41, 5.74) is 2.06. The smallest absolute Gasteiger partial charge is 0.325 e. The Bertz CT molecular complexity index is 377. The summed E-state index contributed by atoms with van der Waals surface area (Å²) in [6.07, 6.45) is -0.0703. The number of halogens is 1. The first-order valence-corrected chi connectivity index (χ1v) is 5.98. The standard InChI is InChI=1S/C12H16BrNO2/c1-8(2)16-12(15)7-14-10-5-4-9(3)11(13)6-10/h4-6,8,14H,7H2,1-3H3. The Hall–Kier alpha value is -1.03. The molecule has 0 aliphatic heterocycles. The SMILES string of the molecule is Cc1ccc(NCC(=O)OC(C)C)cc1Br. The molecule has 0 bridgehead atoms. The molecule has 1 N–H and O–H groups in total. The van der Waals surface area contributed by atoms with Gasteiger partial charge in [0.1, 0.15) is 6.54 Å². The van der Waals surface area contributed by atoms with Crippen LogP contribution in [0.2, 0.25) is 0 Å². The second-order valence-corrected chi connectivity index (χ2v) is 4.71. The molecular weight excluding hydrogens is 270 g/mol. The minimum atomic E-state index is -0.244. The molecule has 16 heavy (non-hydrogen) atoms. The first kappa shape index (κ1) is 13.0. The van der Waals surface area contributed by atoms with Gasteiger partial charge in [-0.1, -0.05) is 22.0 Å². The number of ether oxygens (including phenoxy) is 1. The highest BCUT2D eigenvalue weighted by Crippen LogP contribution is 2.20. The van der Waals surface area contributed by atoms with Crippen LogP contribution in [-0.2, 0) is 9.53 Å². The van der Waals surface area contributed by atoms with Gasteiger partial charge in [-0.05, 0) is 38.5 Å². The third-order valence-corrected chi connectivity index (χ3v) is 2.83. The highest BCUT2D eigenvalue weighted by atomic mass is 79.9. The number of anilines is 1. The van der Waals surface area contributed by atoms with E-state index >= 15 is 0 Å². The van der Waals surface area contributed by atoms with Gasteiger partial charge in [0.25, 0.3) is 0 Å². The molecule has 4 heteroatoms. The second kappa shape index (κ2) is 5.89. The van der Waals surface area contributed by atoms with Gasteiger partial charge in [-0.15, -0.1) is 0 Å². The molecule has 1 rings (SSSR count). The molecule has 0 atom stereocenters. The largest absolute Gasteiger partial charge is 0.462 e. The van der Waals surface area contributed by atoms with Crippen molar-refractivity contribution in [1.82, 2.24) is 0 Å². The molecule has 1 aromatic carbocycles. The van der Waals surface area contributed by atoms with Crippen LogP contribution in [0, 0.1) is 6.92 Å². The van der Waals surface area contributed by atoms with Gasteiger partial charge in [0, 0.05) is 10.2 Å². The number of rotatable bonds is 4. The summed E-state index contributed by atoms with van der Waals surface area (Å²) < 4.78 is 6.04. The lowest BCUT2D eigenvalue weighted by molar-refractivity contribution is -0.145. The monoisotopic (exact) mass is 285 g/mol. The lowest BCUT2D eigenvalue weighted by Gasteiger charge is -2.10. The van der Waals surface area contributed by atoms with Crippen LogP contribution in [0.5, 0.6) is 0 Å². The third kappa shape index (κ3) is 4.23. The number of esters is 1. The molecule has 0 aliphatic rings. The zero-order chi connectivity index (χ0) is 12.1. The third-order valence-electron chi connectivity index (χ3n) is 1.98. The Morgan fingerprint density at radius 2 is 2.19 bits per heavy atom. The van der Waals surface area contributed by atoms with E-state index in [9.17, 15) is 4.79 Å². The van der Waals surface area contributed by atoms with E-state index in [1.807, 2.05) is 39.0 Å². The van der Waals surface area contributed by atoms with Gasteiger partial charge < -0.3 is 10.1 Å². The van der Waals surface area contributed by atoms with Crippen LogP contribution in [0.15, 0.2) is 22.7 Å². The van der Waals surface area contributed by atoms with Crippen molar-refractivity contribution in [2.45, 2.75) is 26.9 Å². The van der Waals surface area contributed by atoms with Crippen LogP contribution >= 0.6 is 15.9 Å². The highest BCUT2D eigenvalue weighted by molar-refractivity contribution is 9.10. The Morgan fingerprint density at radius 1 is 1.50 bits per heavy atom. The topological polar surface area (TPSA) is 38.3 Å². The van der Waals surface area contributed by atoms with E-state index < -0.39 is 0 Å². The van der Waals surface area contributed by atoms with E-state index in [2.05, 4.69) is 21.2 Å². The maximum absolute atomic E-state index is 11.3. The number of hydrogen-bond donors (Lipinski definition) is 1. The molecule has 88 valence electrons. The van der Waals surface area contributed by atoms with Crippen LogP contribution in [0.25, 0.3) is 0 Å². The van der Waals surface area contributed by atoms with Crippen LogP contribution < -0.4 is 5.32 Å². The number of carbonyl (C=O) groups is 1. The number of benzene rings is 1. The van der Waals surface area contributed by atoms with Crippen LogP contribution in [0.3, 0.4) is 0 Å². The van der Waals surface area contributed by atoms with E-state index in [0.29, 0.717) is 0 Å². The van der Waals surface area contributed by atoms with Crippen molar-refractivity contribution in [3.05, 3.63) is 28.2 Å². The minimum absolute atomic E-state index is 0.0703. The van der Waals surface area contributed by atoms with Gasteiger partial charge in [-0.3, -0.25) is 4.79 Å². The van der Waals surface area contributed by atoms with E-state index in [0.717, 1.165) is 15.7 Å². The fraction of sp³-hybridized carbons (Fsp3) is 0.417. The van der Waals surface area contributed by atoms with Crippen molar-refractivity contribution in [2.24, 2.45) is 0 Å². The Labute approximate surface area is 104 Å². The van der Waals surface area contributed by atoms with E-state index in [1.54, 1.807) is 0 Å². The molecule has 0 aromatic heterocycles. The van der Waals surface area contributed by atoms with Crippen molar-refractivity contribution in [2.75, 3.05) is 11.9 Å². The van der Waals surface area contributed by atoms with Gasteiger partial charge in [-0.25, -0.2) is 0 Å². The molecule has 0 aliphatic carbocycles. The predicted octanol–water partition coefficient (Wildman–Crippen LogP) is 3.12. The van der Waals surface area contributed by atoms with Crippen molar-refractivity contribution in [1.29, 1.82) is 0 Å². The summed E-state index contributed by atoms with van der Waals surface area (Å²) in [4.78, 5) is 11.3. The van der Waals surface area contributed by atoms with Gasteiger partial charge in [0.2, 0.25) is 0 Å². The van der Waals surface area contributed by atoms with Crippen molar-refractivity contribution in [3.63, 3.8) is 0 Å². The quantitative estimate of drug-likeness (QED) is 0.864. The number of aryl methyl sites for hydroxylation is 1. The molecule has 0 heterocycles. The normalized spacial score (nSPS) is 10.3. The summed E-state index contributed by atoms with van der Waals surface area (Å²) >= 11 is 3.44. The molecule has 0 spiro atoms. The molecular formula is C12H16BrNO2. The summed E-state index contributed by atoms with van der Waals surface area (Å²) in [7, 11) is 0. The summed E-state index contributed by atoms with van der Waals surface area (Å²) in [6, 6.07) is 5.86. The molecule has 0 saturated carbocycles. The maximum atomic E-state index is 11.3. The maximum Gasteiger partial charge on any atom is 0.325 e. The van der Waals surface area contributed by atoms with Gasteiger partial charge in [-0.2, -0.15) is 0 Å². The van der Waals surface area contributed by atoms with Crippen molar-refractivity contribution in [3.8, 4) is 0 Å². The van der Waals surface area contributed by atoms with Crippen LogP contribution in [0.4, 0.5) is 5.69 Å². The predicted molar refractivity (Wildman–Crippen MR) is 68.6 cm³/mol. The Balaban J connectivity index is 2.48. The molecule has 3 nitrogen and oxygen atoms in total. The second-order valence-electron chi connectivity index (χ2n) is 3.86. The summed E-state index contributed by atoms with van der Waals surface area (Å²) in [6.45, 7) is 5.87. The van der Waals surface area contributed by atoms with E-state index in [-0.39, 0.29) is 18.6 Å². The lowest BCUT2D eigenvalue weighted by atomic mass is 10.2. The average Bonchev–Trinajstić information content (AvgIpc) is 2.19. The van der Waals surface area contributed by atoms with Gasteiger partial charge >= 0.3 is 5.97 Å². The summed E-state index contributed by atoms with van der Waals surface area (Å²) in [5.74, 6) is -0.244. The fourth-order valence-electron chi connectivity index (χ4n) is 1.18. The molecule has 0 amide bonds. The molecule has 1 aromatic rings. The molecule has 0 fully saturated rings. The molecule has 0 saturated heterocycles. The molecule has 0 radical (unpaired) electrons. The van der Waals surface area contributed by atoms with Crippen molar-refractivity contribution < 1.29 is 9.53 Å². The van der Waals surface area contributed by atoms with E-state index in [4.69, 9.17) is 4.74 Å². The Morgan fingerprint density at radius 3 is 2.75 bits per heavy atom. The number of carbonyl (C=O) groups excluding carboxylic acids is 1. The average molecular weight is 286 g/mol. The van der Waals surface area contributed by atoms with Gasteiger partial charge in [0.15, 0.2) is 0 Å². The molecule has 0 unspecified atom stereocenters. The fourth-order valence-corrected chi connectivity index (χ4v) is 1.56. The summed E-state index contributed by atoms with van der Waals surface area (Å²) in [5, 5.41) is 3.01. The van der Waals surface area contributed by atoms with Crippen molar-refractivity contribution >= 4 is 27.6 Å².